The van der Waals surface area contributed by atoms with Gasteiger partial charge in [0.15, 0.2) is 0 Å². The second-order valence-corrected chi connectivity index (χ2v) is 9.85. The van der Waals surface area contributed by atoms with Crippen LogP contribution in [0.1, 0.15) is 24.8 Å². The Morgan fingerprint density at radius 2 is 1.56 bits per heavy atom. The summed E-state index contributed by atoms with van der Waals surface area (Å²) in [4.78, 5) is 0.102. The average Bonchev–Trinajstić information content (AvgIpc) is 2.69. The Kier molecular flexibility index (Phi) is 5.51. The quantitative estimate of drug-likeness (QED) is 0.822. The van der Waals surface area contributed by atoms with Crippen molar-refractivity contribution in [3.8, 4) is 6.07 Å². The molecule has 0 aromatic heterocycles. The number of nitrogens with zero attached hydrogens (tertiary/aromatic N) is 2. The molecule has 0 unspecified atom stereocenters. The van der Waals surface area contributed by atoms with E-state index in [2.05, 4.69) is 4.72 Å². The lowest BCUT2D eigenvalue weighted by Gasteiger charge is -2.25. The summed E-state index contributed by atoms with van der Waals surface area (Å²) in [7, 11) is -7.44. The van der Waals surface area contributed by atoms with E-state index < -0.39 is 20.0 Å². The van der Waals surface area contributed by atoms with Crippen LogP contribution in [0.25, 0.3) is 0 Å². The Labute approximate surface area is 159 Å². The molecule has 1 aliphatic heterocycles. The van der Waals surface area contributed by atoms with E-state index in [1.165, 1.54) is 52.8 Å². The van der Waals surface area contributed by atoms with Crippen molar-refractivity contribution in [1.82, 2.24) is 4.31 Å². The first-order chi connectivity index (χ1) is 12.8. The van der Waals surface area contributed by atoms with Gasteiger partial charge in [-0.1, -0.05) is 12.5 Å². The first-order valence-corrected chi connectivity index (χ1v) is 11.4. The summed E-state index contributed by atoms with van der Waals surface area (Å²) >= 11 is 0. The van der Waals surface area contributed by atoms with E-state index in [1.807, 2.05) is 6.07 Å². The summed E-state index contributed by atoms with van der Waals surface area (Å²) < 4.78 is 54.0. The summed E-state index contributed by atoms with van der Waals surface area (Å²) in [6, 6.07) is 13.2. The highest BCUT2D eigenvalue weighted by molar-refractivity contribution is 7.92. The maximum absolute atomic E-state index is 12.6. The molecule has 0 amide bonds. The van der Waals surface area contributed by atoms with Crippen LogP contribution in [0.4, 0.5) is 5.69 Å². The van der Waals surface area contributed by atoms with Crippen molar-refractivity contribution in [3.05, 3.63) is 54.1 Å². The lowest BCUT2D eigenvalue weighted by molar-refractivity contribution is 0.346. The highest BCUT2D eigenvalue weighted by atomic mass is 32.2. The van der Waals surface area contributed by atoms with Crippen LogP contribution in [-0.2, 0) is 20.0 Å². The lowest BCUT2D eigenvalue weighted by Crippen LogP contribution is -2.35. The van der Waals surface area contributed by atoms with Crippen LogP contribution in [0.3, 0.4) is 0 Å². The van der Waals surface area contributed by atoms with Crippen molar-refractivity contribution in [2.24, 2.45) is 0 Å². The molecule has 1 fully saturated rings. The van der Waals surface area contributed by atoms with Crippen molar-refractivity contribution in [3.63, 3.8) is 0 Å². The van der Waals surface area contributed by atoms with Crippen LogP contribution >= 0.6 is 0 Å². The fourth-order valence-corrected chi connectivity index (χ4v) is 5.52. The first kappa shape index (κ1) is 19.4. The molecular weight excluding hydrogens is 386 g/mol. The van der Waals surface area contributed by atoms with Crippen LogP contribution in [0.15, 0.2) is 58.3 Å². The molecule has 2 aromatic carbocycles. The molecule has 1 heterocycles. The zero-order valence-electron chi connectivity index (χ0n) is 14.5. The summed E-state index contributed by atoms with van der Waals surface area (Å²) in [6.07, 6.45) is 2.72. The predicted octanol–water partition coefficient (Wildman–Crippen LogP) is 2.53. The fourth-order valence-electron chi connectivity index (χ4n) is 2.90. The third-order valence-corrected chi connectivity index (χ3v) is 7.62. The Hall–Kier alpha value is -2.41. The third kappa shape index (κ3) is 4.30. The molecule has 0 spiro atoms. The van der Waals surface area contributed by atoms with Gasteiger partial charge < -0.3 is 0 Å². The van der Waals surface area contributed by atoms with Crippen molar-refractivity contribution < 1.29 is 16.8 Å². The highest BCUT2D eigenvalue weighted by Crippen LogP contribution is 2.23. The van der Waals surface area contributed by atoms with Gasteiger partial charge in [-0.25, -0.2) is 16.8 Å². The van der Waals surface area contributed by atoms with E-state index in [0.717, 1.165) is 19.3 Å². The number of piperidine rings is 1. The molecule has 2 aromatic rings. The molecule has 3 rings (SSSR count). The van der Waals surface area contributed by atoms with Crippen LogP contribution in [0.5, 0.6) is 0 Å². The van der Waals surface area contributed by atoms with Gasteiger partial charge in [-0.2, -0.15) is 9.57 Å². The molecule has 0 radical (unpaired) electrons. The first-order valence-electron chi connectivity index (χ1n) is 8.46. The summed E-state index contributed by atoms with van der Waals surface area (Å²) in [5, 5.41) is 8.91. The van der Waals surface area contributed by atoms with Gasteiger partial charge in [-0.3, -0.25) is 4.72 Å². The molecule has 27 heavy (non-hydrogen) atoms. The zero-order chi connectivity index (χ0) is 19.5. The van der Waals surface area contributed by atoms with Crippen LogP contribution in [0, 0.1) is 11.3 Å². The lowest BCUT2D eigenvalue weighted by atomic mass is 10.2. The molecule has 9 heteroatoms. The molecule has 1 saturated heterocycles. The molecule has 0 atom stereocenters. The maximum Gasteiger partial charge on any atom is 0.261 e. The Morgan fingerprint density at radius 3 is 2.19 bits per heavy atom. The molecule has 7 nitrogen and oxygen atoms in total. The standard InChI is InChI=1S/C18H19N3O4S2/c19-14-15-5-4-6-18(13-15)26(22,23)20-16-7-9-17(10-8-16)27(24,25)21-11-2-1-3-12-21/h4-10,13,20H,1-3,11-12H2. The molecule has 1 aliphatic rings. The second-order valence-electron chi connectivity index (χ2n) is 6.23. The largest absolute Gasteiger partial charge is 0.280 e. The van der Waals surface area contributed by atoms with Gasteiger partial charge in [-0.05, 0) is 55.3 Å². The van der Waals surface area contributed by atoms with Crippen molar-refractivity contribution in [1.29, 1.82) is 5.26 Å². The summed E-state index contributed by atoms with van der Waals surface area (Å²) in [5.41, 5.74) is 0.482. The topological polar surface area (TPSA) is 107 Å². The number of anilines is 1. The molecule has 0 saturated carbocycles. The average molecular weight is 406 g/mol. The zero-order valence-corrected chi connectivity index (χ0v) is 16.1. The number of nitriles is 1. The Bertz CT molecular complexity index is 1070. The minimum atomic E-state index is -3.88. The van der Waals surface area contributed by atoms with E-state index in [0.29, 0.717) is 13.1 Å². The number of nitrogens with one attached hydrogen (secondary N) is 1. The van der Waals surface area contributed by atoms with Gasteiger partial charge in [0.05, 0.1) is 21.4 Å². The van der Waals surface area contributed by atoms with E-state index >= 15 is 0 Å². The minimum Gasteiger partial charge on any atom is -0.280 e. The Morgan fingerprint density at radius 1 is 0.889 bits per heavy atom. The van der Waals surface area contributed by atoms with Gasteiger partial charge in [0.2, 0.25) is 10.0 Å². The van der Waals surface area contributed by atoms with Crippen LogP contribution < -0.4 is 4.72 Å². The van der Waals surface area contributed by atoms with Gasteiger partial charge >= 0.3 is 0 Å². The fraction of sp³-hybridized carbons (Fsp3) is 0.278. The maximum atomic E-state index is 12.6. The van der Waals surface area contributed by atoms with E-state index in [4.69, 9.17) is 5.26 Å². The smallest absolute Gasteiger partial charge is 0.261 e. The van der Waals surface area contributed by atoms with Gasteiger partial charge in [0.1, 0.15) is 0 Å². The predicted molar refractivity (Wildman–Crippen MR) is 101 cm³/mol. The monoisotopic (exact) mass is 405 g/mol. The van der Waals surface area contributed by atoms with Crippen molar-refractivity contribution in [2.75, 3.05) is 17.8 Å². The normalized spacial score (nSPS) is 15.8. The molecular formula is C18H19N3O4S2. The number of hydrogen-bond acceptors (Lipinski definition) is 5. The molecule has 142 valence electrons. The minimum absolute atomic E-state index is 0.0356. The van der Waals surface area contributed by atoms with E-state index in [-0.39, 0.29) is 21.0 Å². The molecule has 0 bridgehead atoms. The third-order valence-electron chi connectivity index (χ3n) is 4.33. The van der Waals surface area contributed by atoms with Gasteiger partial charge in [0, 0.05) is 18.8 Å². The number of sulfonamides is 2. The van der Waals surface area contributed by atoms with Gasteiger partial charge in [-0.15, -0.1) is 0 Å². The number of rotatable bonds is 5. The molecule has 1 N–H and O–H groups in total. The Balaban J connectivity index is 1.80. The SMILES string of the molecule is N#Cc1cccc(S(=O)(=O)Nc2ccc(S(=O)(=O)N3CCCCC3)cc2)c1. The highest BCUT2D eigenvalue weighted by Gasteiger charge is 2.26. The summed E-state index contributed by atoms with van der Waals surface area (Å²) in [6.45, 7) is 1.01. The number of hydrogen-bond donors (Lipinski definition) is 1. The van der Waals surface area contributed by atoms with E-state index in [1.54, 1.807) is 0 Å². The van der Waals surface area contributed by atoms with Crippen LogP contribution in [-0.4, -0.2) is 34.2 Å². The van der Waals surface area contributed by atoms with Crippen molar-refractivity contribution in [2.45, 2.75) is 29.1 Å². The molecule has 0 aliphatic carbocycles. The van der Waals surface area contributed by atoms with E-state index in [9.17, 15) is 16.8 Å². The van der Waals surface area contributed by atoms with Gasteiger partial charge in [0.25, 0.3) is 10.0 Å². The number of benzene rings is 2. The van der Waals surface area contributed by atoms with Crippen molar-refractivity contribution >= 4 is 25.7 Å². The summed E-state index contributed by atoms with van der Waals surface area (Å²) in [5.74, 6) is 0. The second kappa shape index (κ2) is 7.68. The van der Waals surface area contributed by atoms with Crippen LogP contribution in [0.2, 0.25) is 0 Å².